The summed E-state index contributed by atoms with van der Waals surface area (Å²) < 4.78 is 19.0. The number of primary amides is 1. The highest BCUT2D eigenvalue weighted by atomic mass is 19.1. The fraction of sp³-hybridized carbons (Fsp3) is 0.158. The summed E-state index contributed by atoms with van der Waals surface area (Å²) in [6.07, 6.45) is 1.65. The highest BCUT2D eigenvalue weighted by Crippen LogP contribution is 2.25. The molecule has 0 unspecified atom stereocenters. The zero-order valence-corrected chi connectivity index (χ0v) is 13.9. The second-order valence-electron chi connectivity index (χ2n) is 5.98. The highest BCUT2D eigenvalue weighted by molar-refractivity contribution is 5.98. The van der Waals surface area contributed by atoms with Crippen molar-refractivity contribution in [2.45, 2.75) is 20.3 Å². The molecule has 3 aromatic rings. The second kappa shape index (κ2) is 6.39. The zero-order chi connectivity index (χ0) is 18.1. The van der Waals surface area contributed by atoms with Gasteiger partial charge in [-0.3, -0.25) is 9.59 Å². The molecule has 0 aliphatic carbocycles. The van der Waals surface area contributed by atoms with Gasteiger partial charge < -0.3 is 15.5 Å². The number of anilines is 1. The predicted molar refractivity (Wildman–Crippen MR) is 92.9 cm³/mol. The van der Waals surface area contributed by atoms with Crippen LogP contribution in [0.25, 0.3) is 11.0 Å². The number of hydrogen-bond donors (Lipinski definition) is 2. The van der Waals surface area contributed by atoms with E-state index in [0.29, 0.717) is 5.69 Å². The Hall–Kier alpha value is -3.15. The topological polar surface area (TPSA) is 85.3 Å². The summed E-state index contributed by atoms with van der Waals surface area (Å²) in [6.45, 7) is 3.99. The average molecular weight is 340 g/mol. The summed E-state index contributed by atoms with van der Waals surface area (Å²) in [5.74, 6) is -1.92. The number of rotatable bonds is 4. The third-order valence-corrected chi connectivity index (χ3v) is 4.14. The van der Waals surface area contributed by atoms with Gasteiger partial charge in [-0.1, -0.05) is 0 Å². The van der Waals surface area contributed by atoms with Gasteiger partial charge >= 0.3 is 0 Å². The van der Waals surface area contributed by atoms with E-state index in [9.17, 15) is 14.0 Å². The molecule has 0 aliphatic heterocycles. The molecule has 6 heteroatoms. The van der Waals surface area contributed by atoms with Crippen molar-refractivity contribution in [2.75, 3.05) is 5.32 Å². The first kappa shape index (κ1) is 16.7. The van der Waals surface area contributed by atoms with Crippen molar-refractivity contribution in [3.05, 3.63) is 64.7 Å². The minimum absolute atomic E-state index is 0.0960. The Balaban J connectivity index is 1.80. The van der Waals surface area contributed by atoms with E-state index in [1.807, 2.05) is 26.0 Å². The van der Waals surface area contributed by atoms with Crippen LogP contribution < -0.4 is 11.1 Å². The molecule has 0 spiro atoms. The summed E-state index contributed by atoms with van der Waals surface area (Å²) in [4.78, 5) is 23.5. The molecule has 3 N–H and O–H groups in total. The number of nitrogens with one attached hydrogen (secondary N) is 1. The van der Waals surface area contributed by atoms with Crippen LogP contribution in [0.5, 0.6) is 0 Å². The number of furan rings is 1. The van der Waals surface area contributed by atoms with Crippen LogP contribution in [-0.2, 0) is 11.2 Å². The lowest BCUT2D eigenvalue weighted by molar-refractivity contribution is -0.115. The molecular formula is C19H17FN2O3. The summed E-state index contributed by atoms with van der Waals surface area (Å²) >= 11 is 0. The molecule has 0 saturated heterocycles. The molecule has 5 nitrogen and oxygen atoms in total. The summed E-state index contributed by atoms with van der Waals surface area (Å²) in [5.41, 5.74) is 8.86. The van der Waals surface area contributed by atoms with E-state index in [1.54, 1.807) is 6.26 Å². The maximum absolute atomic E-state index is 13.5. The number of halogens is 1. The minimum Gasteiger partial charge on any atom is -0.464 e. The van der Waals surface area contributed by atoms with E-state index in [0.717, 1.165) is 33.7 Å². The Labute approximate surface area is 143 Å². The maximum Gasteiger partial charge on any atom is 0.251 e. The lowest BCUT2D eigenvalue weighted by atomic mass is 10.0. The Morgan fingerprint density at radius 3 is 2.60 bits per heavy atom. The highest BCUT2D eigenvalue weighted by Gasteiger charge is 2.14. The average Bonchev–Trinajstić information content (AvgIpc) is 2.91. The lowest BCUT2D eigenvalue weighted by Crippen LogP contribution is -2.17. The summed E-state index contributed by atoms with van der Waals surface area (Å²) in [5, 5.41) is 3.52. The second-order valence-corrected chi connectivity index (χ2v) is 5.98. The van der Waals surface area contributed by atoms with E-state index < -0.39 is 11.7 Å². The first-order valence-electron chi connectivity index (χ1n) is 7.71. The molecule has 2 amide bonds. The molecule has 2 aromatic carbocycles. The quantitative estimate of drug-likeness (QED) is 0.762. The van der Waals surface area contributed by atoms with E-state index in [4.69, 9.17) is 10.2 Å². The number of nitrogens with two attached hydrogens (primary N) is 1. The first-order valence-corrected chi connectivity index (χ1v) is 7.71. The van der Waals surface area contributed by atoms with Gasteiger partial charge in [-0.2, -0.15) is 0 Å². The van der Waals surface area contributed by atoms with Crippen LogP contribution in [0, 0.1) is 19.7 Å². The number of carbonyl (C=O) groups excluding carboxylic acids is 2. The molecule has 3 rings (SSSR count). The van der Waals surface area contributed by atoms with Gasteiger partial charge in [0, 0.05) is 16.6 Å². The summed E-state index contributed by atoms with van der Waals surface area (Å²) in [7, 11) is 0. The number of carbonyl (C=O) groups is 2. The van der Waals surface area contributed by atoms with E-state index >= 15 is 0 Å². The molecule has 128 valence electrons. The number of aryl methyl sites for hydroxylation is 2. The zero-order valence-electron chi connectivity index (χ0n) is 13.9. The Kier molecular flexibility index (Phi) is 4.27. The van der Waals surface area contributed by atoms with Crippen LogP contribution >= 0.6 is 0 Å². The largest absolute Gasteiger partial charge is 0.464 e. The molecule has 1 heterocycles. The van der Waals surface area contributed by atoms with Gasteiger partial charge in [0.25, 0.3) is 5.91 Å². The summed E-state index contributed by atoms with van der Waals surface area (Å²) in [6, 6.07) is 7.61. The molecule has 0 bridgehead atoms. The van der Waals surface area contributed by atoms with Crippen LogP contribution in [0.3, 0.4) is 0 Å². The van der Waals surface area contributed by atoms with Gasteiger partial charge in [0.05, 0.1) is 18.2 Å². The normalized spacial score (nSPS) is 10.8. The smallest absolute Gasteiger partial charge is 0.251 e. The fourth-order valence-corrected chi connectivity index (χ4v) is 2.64. The van der Waals surface area contributed by atoms with Gasteiger partial charge in [0.15, 0.2) is 0 Å². The lowest BCUT2D eigenvalue weighted by Gasteiger charge is -2.07. The maximum atomic E-state index is 13.5. The van der Waals surface area contributed by atoms with Crippen LogP contribution in [0.2, 0.25) is 0 Å². The van der Waals surface area contributed by atoms with Gasteiger partial charge in [0.2, 0.25) is 5.91 Å². The van der Waals surface area contributed by atoms with E-state index in [1.165, 1.54) is 12.1 Å². The molecule has 0 radical (unpaired) electrons. The fourth-order valence-electron chi connectivity index (χ4n) is 2.64. The van der Waals surface area contributed by atoms with Crippen molar-refractivity contribution in [1.29, 1.82) is 0 Å². The predicted octanol–water partition coefficient (Wildman–Crippen LogP) is 3.47. The molecule has 0 atom stereocenters. The van der Waals surface area contributed by atoms with Gasteiger partial charge in [-0.05, 0) is 55.3 Å². The van der Waals surface area contributed by atoms with Crippen molar-refractivity contribution in [2.24, 2.45) is 5.73 Å². The molecule has 0 saturated carbocycles. The van der Waals surface area contributed by atoms with Crippen LogP contribution in [0.4, 0.5) is 10.1 Å². The first-order chi connectivity index (χ1) is 11.8. The minimum atomic E-state index is -0.889. The van der Waals surface area contributed by atoms with Gasteiger partial charge in [-0.25, -0.2) is 4.39 Å². The van der Waals surface area contributed by atoms with E-state index in [-0.39, 0.29) is 17.9 Å². The molecular weight excluding hydrogens is 323 g/mol. The van der Waals surface area contributed by atoms with Gasteiger partial charge in [-0.15, -0.1) is 0 Å². The Morgan fingerprint density at radius 1 is 1.16 bits per heavy atom. The Bertz CT molecular complexity index is 992. The van der Waals surface area contributed by atoms with Crippen LogP contribution in [0.1, 0.15) is 27.0 Å². The number of benzene rings is 2. The van der Waals surface area contributed by atoms with Crippen molar-refractivity contribution in [1.82, 2.24) is 0 Å². The number of hydrogen-bond acceptors (Lipinski definition) is 3. The van der Waals surface area contributed by atoms with Crippen LogP contribution in [-0.4, -0.2) is 11.8 Å². The number of fused-ring (bicyclic) bond motifs is 1. The standard InChI is InChI=1S/C19H17FN2O3/c1-10-5-14-12(9-25-17(14)6-11(10)2)7-18(23)22-13-3-4-16(20)15(8-13)19(21)24/h3-6,8-9H,7H2,1-2H3,(H2,21,24)(H,22,23). The van der Waals surface area contributed by atoms with Crippen molar-refractivity contribution in [3.8, 4) is 0 Å². The monoisotopic (exact) mass is 340 g/mol. The van der Waals surface area contributed by atoms with Crippen molar-refractivity contribution < 1.29 is 18.4 Å². The molecule has 25 heavy (non-hydrogen) atoms. The Morgan fingerprint density at radius 2 is 1.88 bits per heavy atom. The third-order valence-electron chi connectivity index (χ3n) is 4.14. The molecule has 0 fully saturated rings. The van der Waals surface area contributed by atoms with Crippen molar-refractivity contribution in [3.63, 3.8) is 0 Å². The van der Waals surface area contributed by atoms with Gasteiger partial charge in [0.1, 0.15) is 11.4 Å². The van der Waals surface area contributed by atoms with Crippen molar-refractivity contribution >= 4 is 28.5 Å². The van der Waals surface area contributed by atoms with Crippen LogP contribution in [0.15, 0.2) is 41.0 Å². The van der Waals surface area contributed by atoms with E-state index in [2.05, 4.69) is 5.32 Å². The molecule has 1 aromatic heterocycles. The molecule has 0 aliphatic rings. The SMILES string of the molecule is Cc1cc2occ(CC(=O)Nc3ccc(F)c(C(N)=O)c3)c2cc1C. The number of amides is 2. The third kappa shape index (κ3) is 3.38.